The van der Waals surface area contributed by atoms with E-state index in [1.54, 1.807) is 36.4 Å². The number of benzene rings is 2. The number of para-hydroxylation sites is 2. The lowest BCUT2D eigenvalue weighted by molar-refractivity contribution is 0.256. The average Bonchev–Trinajstić information content (AvgIpc) is 2.66. The largest absolute Gasteiger partial charge is 0.495 e. The third-order valence-electron chi connectivity index (χ3n) is 3.57. The molecule has 0 aliphatic carbocycles. The van der Waals surface area contributed by atoms with Crippen molar-refractivity contribution in [1.29, 1.82) is 5.26 Å². The van der Waals surface area contributed by atoms with Crippen LogP contribution in [0.2, 0.25) is 0 Å². The minimum Gasteiger partial charge on any atom is -0.495 e. The van der Waals surface area contributed by atoms with Gasteiger partial charge in [0.2, 0.25) is 0 Å². The van der Waals surface area contributed by atoms with Crippen LogP contribution in [-0.2, 0) is 4.74 Å². The van der Waals surface area contributed by atoms with Crippen LogP contribution in [0.15, 0.2) is 48.5 Å². The molecule has 0 bridgehead atoms. The first-order chi connectivity index (χ1) is 10.7. The van der Waals surface area contributed by atoms with Gasteiger partial charge in [-0.2, -0.15) is 5.26 Å². The lowest BCUT2D eigenvalue weighted by atomic mass is 10.0. The van der Waals surface area contributed by atoms with Crippen molar-refractivity contribution < 1.29 is 9.53 Å². The number of nitrogens with zero attached hydrogens (tertiary/aromatic N) is 2. The molecular formula is C17H13N3O2. The lowest BCUT2D eigenvalue weighted by Gasteiger charge is -2.22. The third-order valence-corrected chi connectivity index (χ3v) is 3.57. The Labute approximate surface area is 127 Å². The monoisotopic (exact) mass is 291 g/mol. The van der Waals surface area contributed by atoms with Crippen molar-refractivity contribution in [3.63, 3.8) is 0 Å². The summed E-state index contributed by atoms with van der Waals surface area (Å²) in [6.45, 7) is 0. The standard InChI is InChI=1S/C17H13N3O2/c1-22-16-12-7-3-5-9-15(12)20(17(19)21)14-8-4-2-6-11(14)13(16)10-18/h2-9H,1H3,(H2,19,21). The van der Waals surface area contributed by atoms with E-state index in [-0.39, 0.29) is 0 Å². The topological polar surface area (TPSA) is 79.3 Å². The number of hydrogen-bond acceptors (Lipinski definition) is 3. The first-order valence-corrected chi connectivity index (χ1v) is 6.65. The number of anilines is 2. The van der Waals surface area contributed by atoms with E-state index in [0.717, 1.165) is 0 Å². The number of ether oxygens (including phenoxy) is 1. The van der Waals surface area contributed by atoms with E-state index in [1.807, 2.05) is 12.1 Å². The molecule has 22 heavy (non-hydrogen) atoms. The summed E-state index contributed by atoms with van der Waals surface area (Å²) in [6, 6.07) is 15.9. The van der Waals surface area contributed by atoms with Crippen LogP contribution in [-0.4, -0.2) is 13.1 Å². The summed E-state index contributed by atoms with van der Waals surface area (Å²) in [7, 11) is 1.51. The molecule has 0 saturated carbocycles. The second-order valence-electron chi connectivity index (χ2n) is 4.73. The molecule has 0 fully saturated rings. The van der Waals surface area contributed by atoms with Crippen LogP contribution >= 0.6 is 0 Å². The maximum atomic E-state index is 12.0. The highest BCUT2D eigenvalue weighted by Gasteiger charge is 2.29. The zero-order valence-electron chi connectivity index (χ0n) is 11.9. The summed E-state index contributed by atoms with van der Waals surface area (Å²) in [6.07, 6.45) is 0. The number of carbonyl (C=O) groups excluding carboxylic acids is 1. The predicted octanol–water partition coefficient (Wildman–Crippen LogP) is 3.26. The van der Waals surface area contributed by atoms with Gasteiger partial charge >= 0.3 is 6.03 Å². The number of urea groups is 1. The summed E-state index contributed by atoms with van der Waals surface area (Å²) in [4.78, 5) is 13.4. The Morgan fingerprint density at radius 3 is 2.18 bits per heavy atom. The second kappa shape index (κ2) is 5.26. The van der Waals surface area contributed by atoms with Gasteiger partial charge in [0.25, 0.3) is 0 Å². The summed E-state index contributed by atoms with van der Waals surface area (Å²) >= 11 is 0. The number of primary amides is 1. The molecule has 2 amide bonds. The highest BCUT2D eigenvalue weighted by Crippen LogP contribution is 2.43. The minimum absolute atomic E-state index is 0.370. The SMILES string of the molecule is COC1=C(C#N)c2ccccc2N(C(N)=O)c2ccccc21. The number of nitrogens with two attached hydrogens (primary N) is 1. The normalized spacial score (nSPS) is 12.8. The number of nitriles is 1. The molecule has 3 rings (SSSR count). The fourth-order valence-electron chi connectivity index (χ4n) is 2.69. The average molecular weight is 291 g/mol. The van der Waals surface area contributed by atoms with Gasteiger partial charge in [0.05, 0.1) is 18.5 Å². The summed E-state index contributed by atoms with van der Waals surface area (Å²) in [5.41, 5.74) is 8.36. The molecule has 0 spiro atoms. The molecule has 1 aliphatic heterocycles. The Morgan fingerprint density at radius 2 is 1.64 bits per heavy atom. The van der Waals surface area contributed by atoms with Crippen molar-refractivity contribution in [2.45, 2.75) is 0 Å². The molecule has 2 aromatic rings. The van der Waals surface area contributed by atoms with Crippen LogP contribution in [0, 0.1) is 11.3 Å². The van der Waals surface area contributed by atoms with E-state index < -0.39 is 6.03 Å². The zero-order valence-corrected chi connectivity index (χ0v) is 11.9. The smallest absolute Gasteiger partial charge is 0.323 e. The molecule has 5 nitrogen and oxygen atoms in total. The van der Waals surface area contributed by atoms with Crippen LogP contribution in [0.25, 0.3) is 11.3 Å². The number of amides is 2. The van der Waals surface area contributed by atoms with Crippen molar-refractivity contribution in [2.75, 3.05) is 12.0 Å². The molecular weight excluding hydrogens is 278 g/mol. The van der Waals surface area contributed by atoms with Crippen molar-refractivity contribution >= 4 is 28.7 Å². The fourth-order valence-corrected chi connectivity index (χ4v) is 2.69. The van der Waals surface area contributed by atoms with Gasteiger partial charge in [-0.3, -0.25) is 4.90 Å². The Kier molecular flexibility index (Phi) is 3.28. The molecule has 5 heteroatoms. The van der Waals surface area contributed by atoms with Crippen molar-refractivity contribution in [3.8, 4) is 6.07 Å². The van der Waals surface area contributed by atoms with E-state index in [9.17, 15) is 10.1 Å². The van der Waals surface area contributed by atoms with E-state index in [4.69, 9.17) is 10.5 Å². The molecule has 0 saturated heterocycles. The lowest BCUT2D eigenvalue weighted by Crippen LogP contribution is -2.32. The molecule has 0 radical (unpaired) electrons. The number of allylic oxidation sites excluding steroid dienone is 1. The van der Waals surface area contributed by atoms with Crippen LogP contribution in [0.4, 0.5) is 16.2 Å². The number of hydrogen-bond donors (Lipinski definition) is 1. The van der Waals surface area contributed by atoms with Gasteiger partial charge in [0.15, 0.2) is 0 Å². The molecule has 0 unspecified atom stereocenters. The van der Waals surface area contributed by atoms with E-state index in [1.165, 1.54) is 12.0 Å². The van der Waals surface area contributed by atoms with Gasteiger partial charge < -0.3 is 10.5 Å². The molecule has 2 N–H and O–H groups in total. The maximum Gasteiger partial charge on any atom is 0.323 e. The molecule has 0 aromatic heterocycles. The van der Waals surface area contributed by atoms with Gasteiger partial charge in [-0.25, -0.2) is 4.79 Å². The minimum atomic E-state index is -0.616. The fraction of sp³-hybridized carbons (Fsp3) is 0.0588. The molecule has 1 heterocycles. The first kappa shape index (κ1) is 13.7. The summed E-state index contributed by atoms with van der Waals surface area (Å²) in [5, 5.41) is 9.59. The van der Waals surface area contributed by atoms with Gasteiger partial charge in [-0.15, -0.1) is 0 Å². The highest BCUT2D eigenvalue weighted by molar-refractivity contribution is 6.10. The Hall–Kier alpha value is -3.26. The molecule has 2 aromatic carbocycles. The Morgan fingerprint density at radius 1 is 1.09 bits per heavy atom. The second-order valence-corrected chi connectivity index (χ2v) is 4.73. The zero-order chi connectivity index (χ0) is 15.7. The summed E-state index contributed by atoms with van der Waals surface area (Å²) in [5.74, 6) is 0.425. The van der Waals surface area contributed by atoms with E-state index in [2.05, 4.69) is 6.07 Å². The van der Waals surface area contributed by atoms with Crippen LogP contribution in [0.1, 0.15) is 11.1 Å². The van der Waals surface area contributed by atoms with Crippen molar-refractivity contribution in [1.82, 2.24) is 0 Å². The van der Waals surface area contributed by atoms with Crippen molar-refractivity contribution in [3.05, 3.63) is 59.7 Å². The third kappa shape index (κ3) is 1.90. The Bertz CT molecular complexity index is 834. The number of methoxy groups -OCH3 is 1. The van der Waals surface area contributed by atoms with Crippen molar-refractivity contribution in [2.24, 2.45) is 5.73 Å². The molecule has 108 valence electrons. The highest BCUT2D eigenvalue weighted by atomic mass is 16.5. The maximum absolute atomic E-state index is 12.0. The van der Waals surface area contributed by atoms with Crippen LogP contribution < -0.4 is 10.6 Å². The molecule has 0 atom stereocenters. The van der Waals surface area contributed by atoms with Crippen LogP contribution in [0.5, 0.6) is 0 Å². The van der Waals surface area contributed by atoms with Crippen LogP contribution in [0.3, 0.4) is 0 Å². The van der Waals surface area contributed by atoms with Gasteiger partial charge in [-0.05, 0) is 18.2 Å². The number of carbonyl (C=O) groups is 1. The molecule has 1 aliphatic rings. The number of fused-ring (bicyclic) bond motifs is 2. The van der Waals surface area contributed by atoms with Gasteiger partial charge in [-0.1, -0.05) is 30.3 Å². The predicted molar refractivity (Wildman–Crippen MR) is 84.0 cm³/mol. The number of rotatable bonds is 1. The van der Waals surface area contributed by atoms with E-state index >= 15 is 0 Å². The Balaban J connectivity index is 2.47. The first-order valence-electron chi connectivity index (χ1n) is 6.65. The quantitative estimate of drug-likeness (QED) is 0.875. The van der Waals surface area contributed by atoms with Gasteiger partial charge in [0, 0.05) is 11.1 Å². The van der Waals surface area contributed by atoms with E-state index in [0.29, 0.717) is 33.8 Å². The van der Waals surface area contributed by atoms with Gasteiger partial charge in [0.1, 0.15) is 17.4 Å². The summed E-state index contributed by atoms with van der Waals surface area (Å²) < 4.78 is 5.46.